The van der Waals surface area contributed by atoms with E-state index in [1.54, 1.807) is 6.07 Å². The van der Waals surface area contributed by atoms with Gasteiger partial charge >= 0.3 is 6.18 Å². The number of carbonyl (C=O) groups is 1. The molecule has 0 unspecified atom stereocenters. The fourth-order valence-corrected chi connectivity index (χ4v) is 3.13. The highest BCUT2D eigenvalue weighted by Gasteiger charge is 2.30. The molecule has 0 atom stereocenters. The van der Waals surface area contributed by atoms with Crippen LogP contribution in [0.5, 0.6) is 0 Å². The standard InChI is InChI=1S/C20H22F3N3O/c21-20(22,23)15-6-4-7-16(12-15)24-14-19(27)25-17-8-5-9-18(13-17)26-10-2-1-3-11-26/h4-9,12-13,24H,1-3,10-11,14H2,(H,25,27). The topological polar surface area (TPSA) is 44.4 Å². The van der Waals surface area contributed by atoms with Gasteiger partial charge in [0.2, 0.25) is 5.91 Å². The van der Waals surface area contributed by atoms with Crippen LogP contribution < -0.4 is 15.5 Å². The van der Waals surface area contributed by atoms with Crippen LogP contribution in [0.3, 0.4) is 0 Å². The van der Waals surface area contributed by atoms with Crippen molar-refractivity contribution in [3.63, 3.8) is 0 Å². The Hall–Kier alpha value is -2.70. The monoisotopic (exact) mass is 377 g/mol. The molecule has 1 heterocycles. The normalized spacial score (nSPS) is 14.7. The Balaban J connectivity index is 1.57. The number of amides is 1. The van der Waals surface area contributed by atoms with Crippen LogP contribution in [0, 0.1) is 0 Å². The van der Waals surface area contributed by atoms with Gasteiger partial charge in [0.1, 0.15) is 0 Å². The molecule has 0 bridgehead atoms. The van der Waals surface area contributed by atoms with Crippen LogP contribution >= 0.6 is 0 Å². The van der Waals surface area contributed by atoms with E-state index < -0.39 is 11.7 Å². The molecular weight excluding hydrogens is 355 g/mol. The number of rotatable bonds is 5. The Labute approximate surface area is 156 Å². The molecule has 0 saturated carbocycles. The number of halogens is 3. The second-order valence-electron chi connectivity index (χ2n) is 6.58. The van der Waals surface area contributed by atoms with Crippen LogP contribution in [0.1, 0.15) is 24.8 Å². The number of piperidine rings is 1. The molecule has 1 aliphatic heterocycles. The third kappa shape index (κ3) is 5.39. The first-order valence-electron chi connectivity index (χ1n) is 8.98. The van der Waals surface area contributed by atoms with E-state index >= 15 is 0 Å². The zero-order valence-corrected chi connectivity index (χ0v) is 14.9. The molecular formula is C20H22F3N3O. The van der Waals surface area contributed by atoms with Crippen molar-refractivity contribution in [3.05, 3.63) is 54.1 Å². The molecule has 1 amide bonds. The summed E-state index contributed by atoms with van der Waals surface area (Å²) in [4.78, 5) is 14.4. The highest BCUT2D eigenvalue weighted by molar-refractivity contribution is 5.94. The maximum Gasteiger partial charge on any atom is 0.416 e. The van der Waals surface area contributed by atoms with Gasteiger partial charge in [0.05, 0.1) is 12.1 Å². The average molecular weight is 377 g/mol. The van der Waals surface area contributed by atoms with Gasteiger partial charge in [-0.25, -0.2) is 0 Å². The smallest absolute Gasteiger partial charge is 0.376 e. The van der Waals surface area contributed by atoms with E-state index in [4.69, 9.17) is 0 Å². The van der Waals surface area contributed by atoms with E-state index in [2.05, 4.69) is 15.5 Å². The Bertz CT molecular complexity index is 786. The lowest BCUT2D eigenvalue weighted by Crippen LogP contribution is -2.29. The van der Waals surface area contributed by atoms with Crippen LogP contribution in [0.15, 0.2) is 48.5 Å². The number of nitrogens with one attached hydrogen (secondary N) is 2. The van der Waals surface area contributed by atoms with Gasteiger partial charge in [0, 0.05) is 30.2 Å². The van der Waals surface area contributed by atoms with Crippen molar-refractivity contribution in [2.24, 2.45) is 0 Å². The number of anilines is 3. The van der Waals surface area contributed by atoms with Crippen LogP contribution in [0.4, 0.5) is 30.2 Å². The largest absolute Gasteiger partial charge is 0.416 e. The number of carbonyl (C=O) groups excluding carboxylic acids is 1. The molecule has 144 valence electrons. The summed E-state index contributed by atoms with van der Waals surface area (Å²) in [5.74, 6) is -0.316. The third-order valence-corrected chi connectivity index (χ3v) is 4.49. The Morgan fingerprint density at radius 1 is 0.963 bits per heavy atom. The lowest BCUT2D eigenvalue weighted by molar-refractivity contribution is -0.137. The molecule has 2 aromatic carbocycles. The molecule has 0 spiro atoms. The quantitative estimate of drug-likeness (QED) is 0.791. The molecule has 0 aromatic heterocycles. The van der Waals surface area contributed by atoms with Crippen LogP contribution in [-0.2, 0) is 11.0 Å². The fourth-order valence-electron chi connectivity index (χ4n) is 3.13. The summed E-state index contributed by atoms with van der Waals surface area (Å²) in [6.45, 7) is 1.90. The summed E-state index contributed by atoms with van der Waals surface area (Å²) in [5.41, 5.74) is 1.25. The number of alkyl halides is 3. The van der Waals surface area contributed by atoms with Crippen molar-refractivity contribution >= 4 is 23.0 Å². The number of hydrogen-bond acceptors (Lipinski definition) is 3. The minimum Gasteiger partial charge on any atom is -0.376 e. The van der Waals surface area contributed by atoms with Crippen LogP contribution in [0.2, 0.25) is 0 Å². The minimum atomic E-state index is -4.41. The maximum atomic E-state index is 12.7. The zero-order valence-electron chi connectivity index (χ0n) is 14.9. The van der Waals surface area contributed by atoms with Crippen molar-refractivity contribution in [2.45, 2.75) is 25.4 Å². The van der Waals surface area contributed by atoms with Crippen LogP contribution in [-0.4, -0.2) is 25.5 Å². The summed E-state index contributed by atoms with van der Waals surface area (Å²) in [7, 11) is 0. The predicted octanol–water partition coefficient (Wildman–Crippen LogP) is 4.75. The molecule has 1 saturated heterocycles. The van der Waals surface area contributed by atoms with E-state index in [0.717, 1.165) is 43.8 Å². The molecule has 4 nitrogen and oxygen atoms in total. The first kappa shape index (κ1) is 19.1. The number of nitrogens with zero attached hydrogens (tertiary/aromatic N) is 1. The van der Waals surface area contributed by atoms with E-state index in [0.29, 0.717) is 5.69 Å². The lowest BCUT2D eigenvalue weighted by Gasteiger charge is -2.29. The van der Waals surface area contributed by atoms with Crippen molar-refractivity contribution < 1.29 is 18.0 Å². The number of benzene rings is 2. The van der Waals surface area contributed by atoms with Gasteiger partial charge in [-0.2, -0.15) is 13.2 Å². The molecule has 2 aromatic rings. The summed E-state index contributed by atoms with van der Waals surface area (Å²) in [5, 5.41) is 5.52. The molecule has 0 radical (unpaired) electrons. The molecule has 1 fully saturated rings. The Kier molecular flexibility index (Phi) is 5.88. The average Bonchev–Trinajstić information content (AvgIpc) is 2.67. The van der Waals surface area contributed by atoms with Crippen molar-refractivity contribution in [3.8, 4) is 0 Å². The summed E-state index contributed by atoms with van der Waals surface area (Å²) in [6, 6.07) is 12.4. The maximum absolute atomic E-state index is 12.7. The third-order valence-electron chi connectivity index (χ3n) is 4.49. The van der Waals surface area contributed by atoms with Gasteiger partial charge in [-0.05, 0) is 55.7 Å². The highest BCUT2D eigenvalue weighted by atomic mass is 19.4. The minimum absolute atomic E-state index is 0.116. The Morgan fingerprint density at radius 2 is 1.67 bits per heavy atom. The van der Waals surface area contributed by atoms with E-state index in [9.17, 15) is 18.0 Å². The van der Waals surface area contributed by atoms with Gasteiger partial charge in [-0.15, -0.1) is 0 Å². The zero-order chi connectivity index (χ0) is 19.3. The molecule has 1 aliphatic rings. The van der Waals surface area contributed by atoms with Crippen molar-refractivity contribution in [1.29, 1.82) is 0 Å². The van der Waals surface area contributed by atoms with Gasteiger partial charge in [0.15, 0.2) is 0 Å². The fraction of sp³-hybridized carbons (Fsp3) is 0.350. The molecule has 2 N–H and O–H groups in total. The van der Waals surface area contributed by atoms with E-state index in [1.807, 2.05) is 18.2 Å². The molecule has 3 rings (SSSR count). The summed E-state index contributed by atoms with van der Waals surface area (Å²) < 4.78 is 38.2. The molecule has 0 aliphatic carbocycles. The number of hydrogen-bond donors (Lipinski definition) is 2. The van der Waals surface area contributed by atoms with Gasteiger partial charge in [0.25, 0.3) is 0 Å². The first-order valence-corrected chi connectivity index (χ1v) is 8.98. The molecule has 27 heavy (non-hydrogen) atoms. The summed E-state index contributed by atoms with van der Waals surface area (Å²) >= 11 is 0. The summed E-state index contributed by atoms with van der Waals surface area (Å²) in [6.07, 6.45) is -0.835. The van der Waals surface area contributed by atoms with Crippen molar-refractivity contribution in [1.82, 2.24) is 0 Å². The predicted molar refractivity (Wildman–Crippen MR) is 101 cm³/mol. The lowest BCUT2D eigenvalue weighted by atomic mass is 10.1. The van der Waals surface area contributed by atoms with Crippen LogP contribution in [0.25, 0.3) is 0 Å². The van der Waals surface area contributed by atoms with Gasteiger partial charge in [-0.3, -0.25) is 4.79 Å². The first-order chi connectivity index (χ1) is 12.9. The second kappa shape index (κ2) is 8.33. The SMILES string of the molecule is O=C(CNc1cccc(C(F)(F)F)c1)Nc1cccc(N2CCCCC2)c1. The van der Waals surface area contributed by atoms with Gasteiger partial charge < -0.3 is 15.5 Å². The van der Waals surface area contributed by atoms with E-state index in [-0.39, 0.29) is 18.1 Å². The second-order valence-corrected chi connectivity index (χ2v) is 6.58. The van der Waals surface area contributed by atoms with Crippen molar-refractivity contribution in [2.75, 3.05) is 35.2 Å². The highest BCUT2D eigenvalue weighted by Crippen LogP contribution is 2.30. The van der Waals surface area contributed by atoms with E-state index in [1.165, 1.54) is 18.6 Å². The van der Waals surface area contributed by atoms with Gasteiger partial charge in [-0.1, -0.05) is 12.1 Å². The molecule has 7 heteroatoms. The Morgan fingerprint density at radius 3 is 2.41 bits per heavy atom.